The molecular weight excluding hydrogens is 368 g/mol. The molecule has 0 saturated heterocycles. The van der Waals surface area contributed by atoms with Gasteiger partial charge in [0.25, 0.3) is 0 Å². The molecule has 100 valence electrons. The minimum Gasteiger partial charge on any atom is -0.492 e. The molecule has 0 aromatic heterocycles. The summed E-state index contributed by atoms with van der Waals surface area (Å²) < 4.78 is 6.66. The molecule has 0 radical (unpaired) electrons. The molecule has 2 aromatic rings. The van der Waals surface area contributed by atoms with Crippen LogP contribution in [0.5, 0.6) is 5.75 Å². The maximum absolute atomic E-state index is 5.66. The number of ether oxygens (including phenoxy) is 1. The minimum atomic E-state index is 0.199. The standard InChI is InChI=1S/C16H16Br2O/c1-2-10-19-15-9-8-13(11-14(15)17)16(18)12-6-4-3-5-7-12/h3-9,11,16H,2,10H2,1H3. The van der Waals surface area contributed by atoms with Gasteiger partial charge in [0.15, 0.2) is 0 Å². The summed E-state index contributed by atoms with van der Waals surface area (Å²) in [5.74, 6) is 0.901. The van der Waals surface area contributed by atoms with Crippen LogP contribution in [0, 0.1) is 0 Å². The fraction of sp³-hybridized carbons (Fsp3) is 0.250. The second-order valence-electron chi connectivity index (χ2n) is 4.31. The molecule has 0 aliphatic heterocycles. The molecule has 0 amide bonds. The molecule has 0 bridgehead atoms. The lowest BCUT2D eigenvalue weighted by molar-refractivity contribution is 0.315. The number of hydrogen-bond donors (Lipinski definition) is 0. The Morgan fingerprint density at radius 3 is 2.42 bits per heavy atom. The van der Waals surface area contributed by atoms with E-state index in [1.165, 1.54) is 11.1 Å². The molecule has 1 nitrogen and oxygen atoms in total. The molecule has 3 heteroatoms. The first-order chi connectivity index (χ1) is 9.22. The Morgan fingerprint density at radius 1 is 1.05 bits per heavy atom. The minimum absolute atomic E-state index is 0.199. The van der Waals surface area contributed by atoms with Crippen molar-refractivity contribution in [2.45, 2.75) is 18.2 Å². The molecule has 1 atom stereocenters. The highest BCUT2D eigenvalue weighted by atomic mass is 79.9. The van der Waals surface area contributed by atoms with Crippen LogP contribution in [0.3, 0.4) is 0 Å². The van der Waals surface area contributed by atoms with Gasteiger partial charge in [0.1, 0.15) is 5.75 Å². The van der Waals surface area contributed by atoms with Crippen LogP contribution in [0.15, 0.2) is 53.0 Å². The third kappa shape index (κ3) is 3.83. The SMILES string of the molecule is CCCOc1ccc(C(Br)c2ccccc2)cc1Br. The van der Waals surface area contributed by atoms with Gasteiger partial charge < -0.3 is 4.74 Å². The number of alkyl halides is 1. The monoisotopic (exact) mass is 382 g/mol. The Balaban J connectivity index is 2.20. The first-order valence-electron chi connectivity index (χ1n) is 6.33. The lowest BCUT2D eigenvalue weighted by Gasteiger charge is -2.13. The molecule has 1 unspecified atom stereocenters. The van der Waals surface area contributed by atoms with Gasteiger partial charge >= 0.3 is 0 Å². The average molecular weight is 384 g/mol. The Morgan fingerprint density at radius 2 is 1.79 bits per heavy atom. The van der Waals surface area contributed by atoms with Crippen molar-refractivity contribution in [1.29, 1.82) is 0 Å². The summed E-state index contributed by atoms with van der Waals surface area (Å²) in [6.45, 7) is 2.85. The lowest BCUT2D eigenvalue weighted by atomic mass is 10.0. The highest BCUT2D eigenvalue weighted by Crippen LogP contribution is 2.35. The zero-order chi connectivity index (χ0) is 13.7. The van der Waals surface area contributed by atoms with Gasteiger partial charge in [-0.1, -0.05) is 59.3 Å². The van der Waals surface area contributed by atoms with Crippen LogP contribution >= 0.6 is 31.9 Å². The molecule has 0 aliphatic rings. The first kappa shape index (κ1) is 14.6. The second kappa shape index (κ2) is 7.11. The smallest absolute Gasteiger partial charge is 0.133 e. The molecule has 19 heavy (non-hydrogen) atoms. The summed E-state index contributed by atoms with van der Waals surface area (Å²) in [7, 11) is 0. The van der Waals surface area contributed by atoms with Gasteiger partial charge in [-0.3, -0.25) is 0 Å². The van der Waals surface area contributed by atoms with E-state index in [4.69, 9.17) is 4.74 Å². The van der Waals surface area contributed by atoms with Crippen molar-refractivity contribution in [3.05, 3.63) is 64.1 Å². The molecular formula is C16H16Br2O. The summed E-state index contributed by atoms with van der Waals surface area (Å²) in [6, 6.07) is 16.6. The summed E-state index contributed by atoms with van der Waals surface area (Å²) in [5, 5.41) is 0. The summed E-state index contributed by atoms with van der Waals surface area (Å²) in [5.41, 5.74) is 2.46. The Labute approximate surface area is 131 Å². The predicted octanol–water partition coefficient (Wildman–Crippen LogP) is 5.72. The van der Waals surface area contributed by atoms with Gasteiger partial charge in [0.05, 0.1) is 15.9 Å². The van der Waals surface area contributed by atoms with Crippen molar-refractivity contribution in [2.24, 2.45) is 0 Å². The molecule has 0 N–H and O–H groups in total. The van der Waals surface area contributed by atoms with E-state index in [0.717, 1.165) is 23.2 Å². The van der Waals surface area contributed by atoms with Gasteiger partial charge in [0.2, 0.25) is 0 Å². The van der Waals surface area contributed by atoms with Gasteiger partial charge in [-0.05, 0) is 45.6 Å². The van der Waals surface area contributed by atoms with Crippen molar-refractivity contribution < 1.29 is 4.74 Å². The van der Waals surface area contributed by atoms with E-state index < -0.39 is 0 Å². The highest BCUT2D eigenvalue weighted by Gasteiger charge is 2.12. The van der Waals surface area contributed by atoms with Gasteiger partial charge in [0, 0.05) is 0 Å². The fourth-order valence-corrected chi connectivity index (χ4v) is 2.92. The maximum atomic E-state index is 5.66. The molecule has 0 saturated carbocycles. The molecule has 0 heterocycles. The van der Waals surface area contributed by atoms with E-state index in [1.807, 2.05) is 12.1 Å². The lowest BCUT2D eigenvalue weighted by Crippen LogP contribution is -1.97. The Kier molecular flexibility index (Phi) is 5.46. The Bertz CT molecular complexity index is 526. The van der Waals surface area contributed by atoms with E-state index in [2.05, 4.69) is 75.2 Å². The normalized spacial score (nSPS) is 12.2. The fourth-order valence-electron chi connectivity index (χ4n) is 1.82. The van der Waals surface area contributed by atoms with E-state index in [-0.39, 0.29) is 4.83 Å². The number of hydrogen-bond acceptors (Lipinski definition) is 1. The first-order valence-corrected chi connectivity index (χ1v) is 8.04. The van der Waals surface area contributed by atoms with Crippen LogP contribution in [-0.4, -0.2) is 6.61 Å². The van der Waals surface area contributed by atoms with Crippen LogP contribution < -0.4 is 4.74 Å². The number of rotatable bonds is 5. The quantitative estimate of drug-likeness (QED) is 0.599. The largest absolute Gasteiger partial charge is 0.492 e. The highest BCUT2D eigenvalue weighted by molar-refractivity contribution is 9.10. The number of halogens is 2. The van der Waals surface area contributed by atoms with Crippen molar-refractivity contribution in [3.8, 4) is 5.75 Å². The van der Waals surface area contributed by atoms with Crippen LogP contribution in [0.25, 0.3) is 0 Å². The summed E-state index contributed by atoms with van der Waals surface area (Å²) in [6.07, 6.45) is 1.01. The van der Waals surface area contributed by atoms with Crippen LogP contribution in [0.1, 0.15) is 29.3 Å². The van der Waals surface area contributed by atoms with Crippen LogP contribution in [-0.2, 0) is 0 Å². The van der Waals surface area contributed by atoms with Crippen molar-refractivity contribution in [1.82, 2.24) is 0 Å². The van der Waals surface area contributed by atoms with Gasteiger partial charge in [-0.15, -0.1) is 0 Å². The molecule has 2 rings (SSSR count). The second-order valence-corrected chi connectivity index (χ2v) is 6.08. The molecule has 2 aromatic carbocycles. The third-order valence-corrected chi connectivity index (χ3v) is 4.48. The zero-order valence-electron chi connectivity index (χ0n) is 10.8. The summed E-state index contributed by atoms with van der Waals surface area (Å²) >= 11 is 7.32. The molecule has 0 spiro atoms. The predicted molar refractivity (Wildman–Crippen MR) is 87.1 cm³/mol. The van der Waals surface area contributed by atoms with Crippen molar-refractivity contribution >= 4 is 31.9 Å². The maximum Gasteiger partial charge on any atom is 0.133 e. The third-order valence-electron chi connectivity index (χ3n) is 2.80. The van der Waals surface area contributed by atoms with Crippen LogP contribution in [0.4, 0.5) is 0 Å². The average Bonchev–Trinajstić information content (AvgIpc) is 2.46. The van der Waals surface area contributed by atoms with E-state index in [9.17, 15) is 0 Å². The molecule has 0 fully saturated rings. The topological polar surface area (TPSA) is 9.23 Å². The molecule has 0 aliphatic carbocycles. The zero-order valence-corrected chi connectivity index (χ0v) is 13.9. The van der Waals surface area contributed by atoms with E-state index >= 15 is 0 Å². The van der Waals surface area contributed by atoms with Crippen LogP contribution in [0.2, 0.25) is 0 Å². The van der Waals surface area contributed by atoms with Gasteiger partial charge in [-0.2, -0.15) is 0 Å². The van der Waals surface area contributed by atoms with Crippen molar-refractivity contribution in [3.63, 3.8) is 0 Å². The van der Waals surface area contributed by atoms with E-state index in [1.54, 1.807) is 0 Å². The summed E-state index contributed by atoms with van der Waals surface area (Å²) in [4.78, 5) is 0.199. The van der Waals surface area contributed by atoms with E-state index in [0.29, 0.717) is 0 Å². The number of benzene rings is 2. The van der Waals surface area contributed by atoms with Crippen molar-refractivity contribution in [2.75, 3.05) is 6.61 Å². The Hall–Kier alpha value is -0.800. The van der Waals surface area contributed by atoms with Gasteiger partial charge in [-0.25, -0.2) is 0 Å².